The number of sulfonamides is 1. The van der Waals surface area contributed by atoms with Crippen LogP contribution in [0, 0.1) is 0 Å². The number of piperidine rings is 1. The van der Waals surface area contributed by atoms with E-state index < -0.39 is 28.1 Å². The molecule has 2 fully saturated rings. The Kier molecular flexibility index (Phi) is 4.43. The highest BCUT2D eigenvalue weighted by atomic mass is 32.2. The van der Waals surface area contributed by atoms with Crippen LogP contribution in [-0.4, -0.2) is 67.0 Å². The second-order valence-corrected chi connectivity index (χ2v) is 8.10. The number of aliphatic hydroxyl groups excluding tert-OH is 1. The summed E-state index contributed by atoms with van der Waals surface area (Å²) in [5, 5.41) is 10.2. The molecule has 5 nitrogen and oxygen atoms in total. The normalized spacial score (nSPS) is 29.7. The van der Waals surface area contributed by atoms with Crippen LogP contribution in [0.4, 0.5) is 8.78 Å². The maximum absolute atomic E-state index is 13.3. The number of halogens is 2. The van der Waals surface area contributed by atoms with E-state index in [-0.39, 0.29) is 43.9 Å². The van der Waals surface area contributed by atoms with Gasteiger partial charge in [0.1, 0.15) is 0 Å². The van der Waals surface area contributed by atoms with E-state index in [2.05, 4.69) is 0 Å². The summed E-state index contributed by atoms with van der Waals surface area (Å²) in [6, 6.07) is 7.61. The first kappa shape index (κ1) is 16.8. The number of alkyl halides is 2. The minimum atomic E-state index is -3.67. The molecule has 0 aromatic heterocycles. The Bertz CT molecular complexity index is 644. The van der Waals surface area contributed by atoms with Crippen LogP contribution in [0.3, 0.4) is 0 Å². The molecule has 2 saturated heterocycles. The Morgan fingerprint density at radius 1 is 1.09 bits per heavy atom. The van der Waals surface area contributed by atoms with Crippen LogP contribution in [0.2, 0.25) is 0 Å². The van der Waals surface area contributed by atoms with Crippen molar-refractivity contribution in [2.24, 2.45) is 0 Å². The van der Waals surface area contributed by atoms with E-state index in [1.165, 1.54) is 16.4 Å². The summed E-state index contributed by atoms with van der Waals surface area (Å²) >= 11 is 0. The average molecular weight is 346 g/mol. The molecule has 0 saturated carbocycles. The Labute approximate surface area is 134 Å². The number of β-amino-alcohol motifs (C(OH)–C–C–N with tert-alkyl or cyclic N) is 1. The molecule has 1 N–H and O–H groups in total. The van der Waals surface area contributed by atoms with Gasteiger partial charge in [0, 0.05) is 39.0 Å². The predicted octanol–water partition coefficient (Wildman–Crippen LogP) is 1.15. The van der Waals surface area contributed by atoms with Crippen LogP contribution in [0.5, 0.6) is 0 Å². The van der Waals surface area contributed by atoms with Crippen molar-refractivity contribution in [3.05, 3.63) is 30.3 Å². The number of hydrogen-bond donors (Lipinski definition) is 1. The fraction of sp³-hybridized carbons (Fsp3) is 0.600. The molecule has 2 atom stereocenters. The minimum absolute atomic E-state index is 0.00517. The van der Waals surface area contributed by atoms with E-state index in [1.54, 1.807) is 23.1 Å². The first-order valence-corrected chi connectivity index (χ1v) is 9.09. The average Bonchev–Trinajstić information content (AvgIpc) is 2.91. The topological polar surface area (TPSA) is 60.9 Å². The van der Waals surface area contributed by atoms with Crippen molar-refractivity contribution < 1.29 is 22.3 Å². The molecule has 0 spiro atoms. The van der Waals surface area contributed by atoms with E-state index in [0.717, 1.165) is 0 Å². The van der Waals surface area contributed by atoms with Crippen LogP contribution >= 0.6 is 0 Å². The van der Waals surface area contributed by atoms with Crippen LogP contribution < -0.4 is 0 Å². The zero-order valence-corrected chi connectivity index (χ0v) is 13.4. The predicted molar refractivity (Wildman–Crippen MR) is 80.7 cm³/mol. The van der Waals surface area contributed by atoms with Crippen molar-refractivity contribution in [3.8, 4) is 0 Å². The molecule has 3 rings (SSSR count). The summed E-state index contributed by atoms with van der Waals surface area (Å²) in [4.78, 5) is 1.96. The molecule has 0 amide bonds. The Morgan fingerprint density at radius 2 is 1.70 bits per heavy atom. The van der Waals surface area contributed by atoms with Gasteiger partial charge in [-0.2, -0.15) is 4.31 Å². The van der Waals surface area contributed by atoms with Crippen molar-refractivity contribution in [2.75, 3.05) is 26.2 Å². The van der Waals surface area contributed by atoms with Gasteiger partial charge in [0.25, 0.3) is 5.92 Å². The molecule has 2 heterocycles. The zero-order chi connectivity index (χ0) is 16.7. The van der Waals surface area contributed by atoms with Crippen LogP contribution in [-0.2, 0) is 10.0 Å². The van der Waals surface area contributed by atoms with Gasteiger partial charge in [-0.05, 0) is 12.1 Å². The summed E-state index contributed by atoms with van der Waals surface area (Å²) in [5.41, 5.74) is 0. The highest BCUT2D eigenvalue weighted by Gasteiger charge is 2.44. The molecular weight excluding hydrogens is 326 g/mol. The second kappa shape index (κ2) is 6.08. The van der Waals surface area contributed by atoms with Crippen LogP contribution in [0.1, 0.15) is 12.8 Å². The van der Waals surface area contributed by atoms with Crippen molar-refractivity contribution in [1.82, 2.24) is 9.21 Å². The maximum atomic E-state index is 13.3. The number of rotatable bonds is 3. The molecule has 1 aromatic carbocycles. The lowest BCUT2D eigenvalue weighted by Crippen LogP contribution is -2.49. The molecule has 0 unspecified atom stereocenters. The minimum Gasteiger partial charge on any atom is -0.390 e. The number of aliphatic hydroxyl groups is 1. The highest BCUT2D eigenvalue weighted by molar-refractivity contribution is 7.89. The SMILES string of the molecule is O=S(=O)(c1ccccc1)N1C[C@@H](O)[C@H](N2CCC(F)(F)CC2)C1. The molecule has 2 aliphatic heterocycles. The van der Waals surface area contributed by atoms with E-state index >= 15 is 0 Å². The van der Waals surface area contributed by atoms with Crippen LogP contribution in [0.25, 0.3) is 0 Å². The number of benzene rings is 1. The molecule has 23 heavy (non-hydrogen) atoms. The first-order chi connectivity index (χ1) is 10.8. The fourth-order valence-corrected chi connectivity index (χ4v) is 4.71. The van der Waals surface area contributed by atoms with Crippen molar-refractivity contribution >= 4 is 10.0 Å². The Balaban J connectivity index is 1.72. The third-order valence-corrected chi connectivity index (χ3v) is 6.45. The van der Waals surface area contributed by atoms with Gasteiger partial charge >= 0.3 is 0 Å². The fourth-order valence-electron chi connectivity index (χ4n) is 3.21. The van der Waals surface area contributed by atoms with Crippen LogP contribution in [0.15, 0.2) is 35.2 Å². The molecule has 0 bridgehead atoms. The van der Waals surface area contributed by atoms with Crippen molar-refractivity contribution in [3.63, 3.8) is 0 Å². The van der Waals surface area contributed by atoms with Gasteiger partial charge < -0.3 is 5.11 Å². The first-order valence-electron chi connectivity index (χ1n) is 7.65. The third kappa shape index (κ3) is 3.40. The van der Waals surface area contributed by atoms with Gasteiger partial charge in [0.2, 0.25) is 10.0 Å². The van der Waals surface area contributed by atoms with Crippen molar-refractivity contribution in [1.29, 1.82) is 0 Å². The van der Waals surface area contributed by atoms with E-state index in [1.807, 2.05) is 0 Å². The van der Waals surface area contributed by atoms with Gasteiger partial charge in [-0.1, -0.05) is 18.2 Å². The zero-order valence-electron chi connectivity index (χ0n) is 12.6. The molecule has 8 heteroatoms. The molecule has 2 aliphatic rings. The Morgan fingerprint density at radius 3 is 2.30 bits per heavy atom. The van der Waals surface area contributed by atoms with Gasteiger partial charge in [0.05, 0.1) is 17.0 Å². The number of likely N-dealkylation sites (tertiary alicyclic amines) is 1. The molecule has 1 aromatic rings. The molecule has 128 valence electrons. The lowest BCUT2D eigenvalue weighted by Gasteiger charge is -2.36. The Hall–Kier alpha value is -1.09. The molecular formula is C15H20F2N2O3S. The largest absolute Gasteiger partial charge is 0.390 e. The molecule has 0 radical (unpaired) electrons. The maximum Gasteiger partial charge on any atom is 0.250 e. The third-order valence-electron chi connectivity index (χ3n) is 4.61. The number of hydrogen-bond acceptors (Lipinski definition) is 4. The second-order valence-electron chi connectivity index (χ2n) is 6.16. The quantitative estimate of drug-likeness (QED) is 0.892. The molecule has 0 aliphatic carbocycles. The summed E-state index contributed by atoms with van der Waals surface area (Å²) in [6.45, 7) is 0.473. The van der Waals surface area contributed by atoms with E-state index in [0.29, 0.717) is 0 Å². The summed E-state index contributed by atoms with van der Waals surface area (Å²) in [5.74, 6) is -2.66. The van der Waals surface area contributed by atoms with E-state index in [9.17, 15) is 22.3 Å². The monoisotopic (exact) mass is 346 g/mol. The highest BCUT2D eigenvalue weighted by Crippen LogP contribution is 2.31. The summed E-state index contributed by atoms with van der Waals surface area (Å²) in [6.07, 6.45) is -1.36. The van der Waals surface area contributed by atoms with Gasteiger partial charge in [-0.25, -0.2) is 17.2 Å². The lowest BCUT2D eigenvalue weighted by molar-refractivity contribution is -0.0697. The van der Waals surface area contributed by atoms with Crippen molar-refractivity contribution in [2.45, 2.75) is 35.8 Å². The summed E-state index contributed by atoms with van der Waals surface area (Å²) in [7, 11) is -3.67. The van der Waals surface area contributed by atoms with Gasteiger partial charge in [0.15, 0.2) is 0 Å². The number of nitrogens with zero attached hydrogens (tertiary/aromatic N) is 2. The van der Waals surface area contributed by atoms with Gasteiger partial charge in [-0.3, -0.25) is 4.90 Å². The van der Waals surface area contributed by atoms with E-state index in [4.69, 9.17) is 0 Å². The lowest BCUT2D eigenvalue weighted by atomic mass is 10.0. The standard InChI is InChI=1S/C15H20F2N2O3S/c16-15(17)6-8-18(9-7-15)13-10-19(11-14(13)20)23(21,22)12-4-2-1-3-5-12/h1-5,13-14,20H,6-11H2/t13-,14-/m1/s1. The summed E-state index contributed by atoms with van der Waals surface area (Å²) < 4.78 is 52.9. The van der Waals surface area contributed by atoms with Gasteiger partial charge in [-0.15, -0.1) is 0 Å². The smallest absolute Gasteiger partial charge is 0.250 e.